The number of carbonyl (C=O) groups is 3. The van der Waals surface area contributed by atoms with Gasteiger partial charge in [0.1, 0.15) is 5.75 Å². The minimum absolute atomic E-state index is 0.0111. The number of benzene rings is 2. The van der Waals surface area contributed by atoms with Crippen molar-refractivity contribution in [3.8, 4) is 5.75 Å². The molecule has 1 amide bonds. The third-order valence-corrected chi connectivity index (χ3v) is 4.68. The average Bonchev–Trinajstić information content (AvgIpc) is 2.71. The van der Waals surface area contributed by atoms with Crippen LogP contribution in [0.5, 0.6) is 5.75 Å². The Balaban J connectivity index is 1.45. The Morgan fingerprint density at radius 2 is 1.68 bits per heavy atom. The van der Waals surface area contributed by atoms with Crippen LogP contribution in [0.3, 0.4) is 0 Å². The van der Waals surface area contributed by atoms with Gasteiger partial charge in [-0.15, -0.1) is 0 Å². The van der Waals surface area contributed by atoms with Gasteiger partial charge >= 0.3 is 11.9 Å². The Kier molecular flexibility index (Phi) is 7.21. The number of hydrogen-bond acceptors (Lipinski definition) is 6. The van der Waals surface area contributed by atoms with E-state index < -0.39 is 11.9 Å². The minimum Gasteiger partial charge on any atom is -0.455 e. The highest BCUT2D eigenvalue weighted by atomic mass is 16.5. The Morgan fingerprint density at radius 1 is 1.00 bits per heavy atom. The van der Waals surface area contributed by atoms with Crippen LogP contribution >= 0.6 is 0 Å². The smallest absolute Gasteiger partial charge is 0.343 e. The molecule has 2 aromatic rings. The number of hydrogen-bond donors (Lipinski definition) is 3. The maximum absolute atomic E-state index is 12.2. The zero-order valence-electron chi connectivity index (χ0n) is 16.9. The zero-order chi connectivity index (χ0) is 22.2. The van der Waals surface area contributed by atoms with Crippen LogP contribution in [0.4, 0.5) is 5.69 Å². The molecule has 0 aliphatic heterocycles. The number of amides is 1. The van der Waals surface area contributed by atoms with Gasteiger partial charge in [-0.3, -0.25) is 9.59 Å². The Morgan fingerprint density at radius 3 is 2.26 bits per heavy atom. The van der Waals surface area contributed by atoms with E-state index in [0.717, 1.165) is 19.3 Å². The van der Waals surface area contributed by atoms with Gasteiger partial charge in [-0.1, -0.05) is 12.1 Å². The molecule has 0 spiro atoms. The Labute approximate surface area is 179 Å². The molecular weight excluding hydrogens is 400 g/mol. The molecule has 0 heterocycles. The van der Waals surface area contributed by atoms with Gasteiger partial charge in [-0.25, -0.2) is 9.79 Å². The summed E-state index contributed by atoms with van der Waals surface area (Å²) in [4.78, 5) is 39.7. The van der Waals surface area contributed by atoms with Crippen LogP contribution < -0.4 is 21.5 Å². The highest BCUT2D eigenvalue weighted by molar-refractivity contribution is 5.91. The first kappa shape index (κ1) is 21.8. The second kappa shape index (κ2) is 10.2. The van der Waals surface area contributed by atoms with Gasteiger partial charge in [0.05, 0.1) is 17.7 Å². The first-order valence-electron chi connectivity index (χ1n) is 9.85. The SMILES string of the molecule is NC(N)=Nc1ccc(C(=O)Oc2ccc(CC(=O)OCC(=O)NC3CCC3)cc2)cc1. The molecule has 1 saturated carbocycles. The molecule has 1 aliphatic carbocycles. The quantitative estimate of drug-likeness (QED) is 0.252. The third-order valence-electron chi connectivity index (χ3n) is 4.68. The van der Waals surface area contributed by atoms with Crippen LogP contribution in [0.2, 0.25) is 0 Å². The maximum Gasteiger partial charge on any atom is 0.343 e. The van der Waals surface area contributed by atoms with Crippen molar-refractivity contribution in [3.05, 3.63) is 59.7 Å². The van der Waals surface area contributed by atoms with E-state index >= 15 is 0 Å². The second-order valence-electron chi connectivity index (χ2n) is 7.15. The molecule has 0 unspecified atom stereocenters. The fourth-order valence-electron chi connectivity index (χ4n) is 2.85. The molecule has 9 heteroatoms. The van der Waals surface area contributed by atoms with Crippen LogP contribution in [0.25, 0.3) is 0 Å². The molecule has 2 aromatic carbocycles. The number of nitrogens with zero attached hydrogens (tertiary/aromatic N) is 1. The van der Waals surface area contributed by atoms with E-state index in [9.17, 15) is 14.4 Å². The second-order valence-corrected chi connectivity index (χ2v) is 7.15. The summed E-state index contributed by atoms with van der Waals surface area (Å²) < 4.78 is 10.3. The highest BCUT2D eigenvalue weighted by Crippen LogP contribution is 2.18. The fourth-order valence-corrected chi connectivity index (χ4v) is 2.85. The lowest BCUT2D eigenvalue weighted by Crippen LogP contribution is -2.41. The van der Waals surface area contributed by atoms with E-state index in [0.29, 0.717) is 22.6 Å². The normalized spacial score (nSPS) is 12.9. The number of nitrogens with two attached hydrogens (primary N) is 2. The third kappa shape index (κ3) is 6.84. The van der Waals surface area contributed by atoms with Crippen molar-refractivity contribution in [2.75, 3.05) is 6.61 Å². The molecule has 0 atom stereocenters. The molecule has 1 fully saturated rings. The van der Waals surface area contributed by atoms with E-state index in [1.54, 1.807) is 48.5 Å². The van der Waals surface area contributed by atoms with E-state index in [2.05, 4.69) is 10.3 Å². The van der Waals surface area contributed by atoms with Crippen molar-refractivity contribution in [1.29, 1.82) is 0 Å². The number of ether oxygens (including phenoxy) is 2. The van der Waals surface area contributed by atoms with Gasteiger partial charge in [0.2, 0.25) is 0 Å². The van der Waals surface area contributed by atoms with Crippen LogP contribution in [0.1, 0.15) is 35.2 Å². The minimum atomic E-state index is -0.541. The summed E-state index contributed by atoms with van der Waals surface area (Å²) in [7, 11) is 0. The highest BCUT2D eigenvalue weighted by Gasteiger charge is 2.20. The molecule has 0 bridgehead atoms. The molecule has 0 saturated heterocycles. The average molecular weight is 424 g/mol. The van der Waals surface area contributed by atoms with Crippen molar-refractivity contribution < 1.29 is 23.9 Å². The monoisotopic (exact) mass is 424 g/mol. The van der Waals surface area contributed by atoms with Gasteiger partial charge in [-0.2, -0.15) is 0 Å². The molecule has 1 aliphatic rings. The Hall–Kier alpha value is -3.88. The molecule has 0 radical (unpaired) electrons. The predicted molar refractivity (Wildman–Crippen MR) is 114 cm³/mol. The molecular formula is C22H24N4O5. The zero-order valence-corrected chi connectivity index (χ0v) is 16.9. The number of carbonyl (C=O) groups excluding carboxylic acids is 3. The molecule has 31 heavy (non-hydrogen) atoms. The summed E-state index contributed by atoms with van der Waals surface area (Å²) in [6, 6.07) is 13.0. The first-order valence-corrected chi connectivity index (χ1v) is 9.85. The lowest BCUT2D eigenvalue weighted by atomic mass is 9.93. The summed E-state index contributed by atoms with van der Waals surface area (Å²) in [5.41, 5.74) is 12.2. The van der Waals surface area contributed by atoms with Gasteiger partial charge in [0.25, 0.3) is 5.91 Å². The van der Waals surface area contributed by atoms with E-state index in [-0.39, 0.29) is 30.9 Å². The van der Waals surface area contributed by atoms with Crippen molar-refractivity contribution in [2.45, 2.75) is 31.7 Å². The fraction of sp³-hybridized carbons (Fsp3) is 0.273. The van der Waals surface area contributed by atoms with Crippen LogP contribution in [0.15, 0.2) is 53.5 Å². The van der Waals surface area contributed by atoms with E-state index in [1.807, 2.05) is 0 Å². The summed E-state index contributed by atoms with van der Waals surface area (Å²) in [5.74, 6) is -1.08. The largest absolute Gasteiger partial charge is 0.455 e. The summed E-state index contributed by atoms with van der Waals surface area (Å²) in [6.07, 6.45) is 3.07. The maximum atomic E-state index is 12.2. The molecule has 3 rings (SSSR count). The molecule has 162 valence electrons. The number of esters is 2. The van der Waals surface area contributed by atoms with Crippen LogP contribution in [-0.4, -0.2) is 36.5 Å². The van der Waals surface area contributed by atoms with Gasteiger partial charge in [0.15, 0.2) is 12.6 Å². The molecule has 0 aromatic heterocycles. The van der Waals surface area contributed by atoms with Crippen LogP contribution in [-0.2, 0) is 20.7 Å². The topological polar surface area (TPSA) is 146 Å². The van der Waals surface area contributed by atoms with E-state index in [4.69, 9.17) is 20.9 Å². The lowest BCUT2D eigenvalue weighted by molar-refractivity contribution is -0.148. The molecule has 9 nitrogen and oxygen atoms in total. The number of guanidine groups is 1. The van der Waals surface area contributed by atoms with Crippen LogP contribution in [0, 0.1) is 0 Å². The summed E-state index contributed by atoms with van der Waals surface area (Å²) >= 11 is 0. The summed E-state index contributed by atoms with van der Waals surface area (Å²) in [6.45, 7) is -0.285. The van der Waals surface area contributed by atoms with Gasteiger partial charge < -0.3 is 26.3 Å². The van der Waals surface area contributed by atoms with E-state index in [1.165, 1.54) is 0 Å². The number of aliphatic imine (C=N–C) groups is 1. The van der Waals surface area contributed by atoms with Crippen molar-refractivity contribution in [1.82, 2.24) is 5.32 Å². The predicted octanol–water partition coefficient (Wildman–Crippen LogP) is 1.57. The number of rotatable bonds is 8. The standard InChI is InChI=1S/C22H24N4O5/c23-22(24)26-17-8-6-15(7-9-17)21(29)31-18-10-4-14(5-11-18)12-20(28)30-13-19(27)25-16-2-1-3-16/h4-11,16H,1-3,12-13H2,(H,25,27)(H4,23,24,26). The van der Waals surface area contributed by atoms with Gasteiger partial charge in [0, 0.05) is 6.04 Å². The summed E-state index contributed by atoms with van der Waals surface area (Å²) in [5, 5.41) is 2.80. The lowest BCUT2D eigenvalue weighted by Gasteiger charge is -2.26. The first-order chi connectivity index (χ1) is 14.9. The van der Waals surface area contributed by atoms with Crippen molar-refractivity contribution in [2.24, 2.45) is 16.5 Å². The van der Waals surface area contributed by atoms with Gasteiger partial charge in [-0.05, 0) is 61.2 Å². The van der Waals surface area contributed by atoms with Crippen molar-refractivity contribution in [3.63, 3.8) is 0 Å². The molecule has 5 N–H and O–H groups in total. The number of nitrogens with one attached hydrogen (secondary N) is 1. The van der Waals surface area contributed by atoms with Crippen molar-refractivity contribution >= 4 is 29.5 Å². The Bertz CT molecular complexity index is 962.